The number of likely N-dealkylation sites (N-methyl/N-ethyl adjacent to an activating group) is 1. The average molecular weight is 269 g/mol. The lowest BCUT2D eigenvalue weighted by Crippen LogP contribution is -2.47. The molecule has 114 valence electrons. The molecule has 0 aromatic carbocycles. The van der Waals surface area contributed by atoms with Gasteiger partial charge >= 0.3 is 0 Å². The van der Waals surface area contributed by atoms with Crippen LogP contribution in [-0.2, 0) is 4.79 Å². The van der Waals surface area contributed by atoms with Gasteiger partial charge in [0.15, 0.2) is 5.78 Å². The van der Waals surface area contributed by atoms with Crippen LogP contribution in [0.4, 0.5) is 0 Å². The van der Waals surface area contributed by atoms with E-state index < -0.39 is 0 Å². The third-order valence-corrected chi connectivity index (χ3v) is 4.53. The molecular formula is C17H35NO. The molecule has 1 atom stereocenters. The molecule has 0 aliphatic heterocycles. The van der Waals surface area contributed by atoms with E-state index in [2.05, 4.69) is 25.7 Å². The van der Waals surface area contributed by atoms with Gasteiger partial charge in [0.2, 0.25) is 0 Å². The topological polar surface area (TPSA) is 20.3 Å². The lowest BCUT2D eigenvalue weighted by Gasteiger charge is -2.34. The Morgan fingerprint density at radius 3 is 1.79 bits per heavy atom. The summed E-state index contributed by atoms with van der Waals surface area (Å²) in [5, 5.41) is 0. The summed E-state index contributed by atoms with van der Waals surface area (Å²) in [6.45, 7) is 6.42. The quantitative estimate of drug-likeness (QED) is 0.474. The monoisotopic (exact) mass is 269 g/mol. The van der Waals surface area contributed by atoms with Crippen LogP contribution in [0.15, 0.2) is 0 Å². The molecule has 0 bridgehead atoms. The van der Waals surface area contributed by atoms with Gasteiger partial charge in [0.05, 0.1) is 5.54 Å². The van der Waals surface area contributed by atoms with Crippen LogP contribution in [-0.4, -0.2) is 30.3 Å². The van der Waals surface area contributed by atoms with Gasteiger partial charge in [0, 0.05) is 6.42 Å². The molecule has 0 aliphatic carbocycles. The predicted octanol–water partition coefficient (Wildman–Crippen LogP) is 4.82. The molecule has 0 aromatic rings. The highest BCUT2D eigenvalue weighted by Crippen LogP contribution is 2.21. The van der Waals surface area contributed by atoms with Gasteiger partial charge in [-0.1, -0.05) is 58.8 Å². The van der Waals surface area contributed by atoms with Crippen LogP contribution in [0.1, 0.15) is 85.0 Å². The van der Waals surface area contributed by atoms with Crippen molar-refractivity contribution in [3.05, 3.63) is 0 Å². The van der Waals surface area contributed by atoms with Gasteiger partial charge in [-0.2, -0.15) is 0 Å². The number of rotatable bonds is 12. The molecule has 2 nitrogen and oxygen atoms in total. The summed E-state index contributed by atoms with van der Waals surface area (Å²) in [4.78, 5) is 14.3. The first-order chi connectivity index (χ1) is 8.99. The molecule has 0 spiro atoms. The highest BCUT2D eigenvalue weighted by atomic mass is 16.1. The number of Topliss-reactive ketones (excluding diaryl/α,β-unsaturated/α-hetero) is 1. The second kappa shape index (κ2) is 10.4. The minimum atomic E-state index is -0.263. The van der Waals surface area contributed by atoms with Crippen molar-refractivity contribution in [1.29, 1.82) is 0 Å². The van der Waals surface area contributed by atoms with Crippen molar-refractivity contribution >= 4 is 5.78 Å². The third kappa shape index (κ3) is 7.10. The summed E-state index contributed by atoms with van der Waals surface area (Å²) in [6.07, 6.45) is 12.0. The van der Waals surface area contributed by atoms with Gasteiger partial charge < -0.3 is 0 Å². The summed E-state index contributed by atoms with van der Waals surface area (Å²) < 4.78 is 0. The van der Waals surface area contributed by atoms with E-state index in [0.717, 1.165) is 19.3 Å². The van der Waals surface area contributed by atoms with E-state index in [1.807, 2.05) is 14.1 Å². The van der Waals surface area contributed by atoms with Crippen molar-refractivity contribution in [2.24, 2.45) is 0 Å². The third-order valence-electron chi connectivity index (χ3n) is 4.53. The highest BCUT2D eigenvalue weighted by Gasteiger charge is 2.32. The standard InChI is InChI=1S/C17H35NO/c1-6-8-9-10-11-12-13-14-15-16(19)17(3,7-2)18(4)5/h6-15H2,1-5H3. The Balaban J connectivity index is 3.69. The van der Waals surface area contributed by atoms with E-state index in [-0.39, 0.29) is 5.54 Å². The Kier molecular flexibility index (Phi) is 10.2. The summed E-state index contributed by atoms with van der Waals surface area (Å²) in [5.41, 5.74) is -0.263. The number of carbonyl (C=O) groups excluding carboxylic acids is 1. The number of hydrogen-bond donors (Lipinski definition) is 0. The Morgan fingerprint density at radius 2 is 1.37 bits per heavy atom. The van der Waals surface area contributed by atoms with Crippen molar-refractivity contribution in [1.82, 2.24) is 4.90 Å². The zero-order valence-corrected chi connectivity index (χ0v) is 13.9. The van der Waals surface area contributed by atoms with E-state index in [0.29, 0.717) is 5.78 Å². The summed E-state index contributed by atoms with van der Waals surface area (Å²) >= 11 is 0. The van der Waals surface area contributed by atoms with Crippen LogP contribution < -0.4 is 0 Å². The van der Waals surface area contributed by atoms with Crippen LogP contribution in [0.5, 0.6) is 0 Å². The molecule has 0 aromatic heterocycles. The smallest absolute Gasteiger partial charge is 0.152 e. The first-order valence-corrected chi connectivity index (χ1v) is 8.19. The second-order valence-corrected chi connectivity index (χ2v) is 6.17. The molecule has 0 N–H and O–H groups in total. The summed E-state index contributed by atoms with van der Waals surface area (Å²) in [6, 6.07) is 0. The number of unbranched alkanes of at least 4 members (excludes halogenated alkanes) is 7. The zero-order valence-electron chi connectivity index (χ0n) is 13.9. The van der Waals surface area contributed by atoms with Crippen molar-refractivity contribution in [3.63, 3.8) is 0 Å². The van der Waals surface area contributed by atoms with E-state index in [1.165, 1.54) is 44.9 Å². The van der Waals surface area contributed by atoms with Crippen molar-refractivity contribution in [3.8, 4) is 0 Å². The van der Waals surface area contributed by atoms with Gasteiger partial charge in [-0.05, 0) is 33.9 Å². The molecule has 0 heterocycles. The Morgan fingerprint density at radius 1 is 0.895 bits per heavy atom. The molecule has 0 amide bonds. The van der Waals surface area contributed by atoms with Crippen molar-refractivity contribution in [2.75, 3.05) is 14.1 Å². The number of nitrogens with zero attached hydrogens (tertiary/aromatic N) is 1. The molecule has 19 heavy (non-hydrogen) atoms. The molecule has 0 fully saturated rings. The largest absolute Gasteiger partial charge is 0.298 e. The Labute approximate surface area is 120 Å². The molecule has 1 unspecified atom stereocenters. The first-order valence-electron chi connectivity index (χ1n) is 8.19. The summed E-state index contributed by atoms with van der Waals surface area (Å²) in [7, 11) is 4.02. The van der Waals surface area contributed by atoms with Crippen molar-refractivity contribution in [2.45, 2.75) is 90.5 Å². The highest BCUT2D eigenvalue weighted by molar-refractivity contribution is 5.87. The maximum absolute atomic E-state index is 12.3. The van der Waals surface area contributed by atoms with E-state index in [1.54, 1.807) is 0 Å². The Hall–Kier alpha value is -0.370. The molecule has 0 radical (unpaired) electrons. The zero-order chi connectivity index (χ0) is 14.7. The Bertz CT molecular complexity index is 237. The number of hydrogen-bond acceptors (Lipinski definition) is 2. The normalized spacial score (nSPS) is 14.6. The molecular weight excluding hydrogens is 234 g/mol. The van der Waals surface area contributed by atoms with Crippen LogP contribution in [0.25, 0.3) is 0 Å². The number of ketones is 1. The fourth-order valence-electron chi connectivity index (χ4n) is 2.45. The van der Waals surface area contributed by atoms with Crippen LogP contribution in [0.2, 0.25) is 0 Å². The van der Waals surface area contributed by atoms with E-state index in [4.69, 9.17) is 0 Å². The molecule has 2 heteroatoms. The van der Waals surface area contributed by atoms with Gasteiger partial charge in [-0.25, -0.2) is 0 Å². The minimum Gasteiger partial charge on any atom is -0.298 e. The minimum absolute atomic E-state index is 0.263. The molecule has 0 saturated heterocycles. The lowest BCUT2D eigenvalue weighted by molar-refractivity contribution is -0.129. The second-order valence-electron chi connectivity index (χ2n) is 6.17. The van der Waals surface area contributed by atoms with Crippen LogP contribution in [0.3, 0.4) is 0 Å². The van der Waals surface area contributed by atoms with Crippen molar-refractivity contribution < 1.29 is 4.79 Å². The van der Waals surface area contributed by atoms with Gasteiger partial charge in [0.1, 0.15) is 0 Å². The maximum Gasteiger partial charge on any atom is 0.152 e. The van der Waals surface area contributed by atoms with Crippen LogP contribution in [0, 0.1) is 0 Å². The van der Waals surface area contributed by atoms with Crippen LogP contribution >= 0.6 is 0 Å². The van der Waals surface area contributed by atoms with Gasteiger partial charge in [-0.3, -0.25) is 9.69 Å². The van der Waals surface area contributed by atoms with E-state index >= 15 is 0 Å². The SMILES string of the molecule is CCCCCCCCCCC(=O)C(C)(CC)N(C)C. The molecule has 0 saturated carbocycles. The average Bonchev–Trinajstić information content (AvgIpc) is 2.40. The fourth-order valence-corrected chi connectivity index (χ4v) is 2.45. The first kappa shape index (κ1) is 18.6. The maximum atomic E-state index is 12.3. The van der Waals surface area contributed by atoms with Gasteiger partial charge in [-0.15, -0.1) is 0 Å². The summed E-state index contributed by atoms with van der Waals surface area (Å²) in [5.74, 6) is 0.408. The fraction of sp³-hybridized carbons (Fsp3) is 0.941. The lowest BCUT2D eigenvalue weighted by atomic mass is 9.88. The van der Waals surface area contributed by atoms with E-state index in [9.17, 15) is 4.79 Å². The molecule has 0 rings (SSSR count). The van der Waals surface area contributed by atoms with Gasteiger partial charge in [0.25, 0.3) is 0 Å². The predicted molar refractivity (Wildman–Crippen MR) is 84.6 cm³/mol. The number of carbonyl (C=O) groups is 1. The molecule has 0 aliphatic rings.